The van der Waals surface area contributed by atoms with Crippen LogP contribution in [0, 0.1) is 13.8 Å². The van der Waals surface area contributed by atoms with Crippen molar-refractivity contribution in [1.82, 2.24) is 0 Å². The van der Waals surface area contributed by atoms with Crippen LogP contribution >= 0.6 is 0 Å². The molecule has 2 heteroatoms. The number of hydrogen-bond donors (Lipinski definition) is 1. The van der Waals surface area contributed by atoms with Crippen molar-refractivity contribution < 1.29 is 4.74 Å². The lowest BCUT2D eigenvalue weighted by Gasteiger charge is -2.13. The molecule has 0 spiro atoms. The summed E-state index contributed by atoms with van der Waals surface area (Å²) < 4.78 is 5.51. The minimum absolute atomic E-state index is 0.659. The van der Waals surface area contributed by atoms with Gasteiger partial charge in [-0.1, -0.05) is 47.5 Å². The van der Waals surface area contributed by atoms with E-state index in [4.69, 9.17) is 4.74 Å². The summed E-state index contributed by atoms with van der Waals surface area (Å²) in [5, 5.41) is 3.51. The smallest absolute Gasteiger partial charge is 0.0736 e. The van der Waals surface area contributed by atoms with Crippen molar-refractivity contribution in [1.29, 1.82) is 0 Å². The number of nitrogens with one attached hydrogen (secondary N) is 1. The monoisotopic (exact) mass is 269 g/mol. The molecule has 0 aliphatic carbocycles. The van der Waals surface area contributed by atoms with Crippen LogP contribution in [-0.4, -0.2) is 6.61 Å². The number of para-hydroxylation sites is 1. The van der Waals surface area contributed by atoms with Crippen molar-refractivity contribution in [2.45, 2.75) is 33.9 Å². The Bertz CT molecular complexity index is 543. The second-order valence-electron chi connectivity index (χ2n) is 5.14. The summed E-state index contributed by atoms with van der Waals surface area (Å²) in [5.74, 6) is 0. The van der Waals surface area contributed by atoms with Crippen LogP contribution < -0.4 is 5.32 Å². The van der Waals surface area contributed by atoms with Gasteiger partial charge in [-0.05, 0) is 32.4 Å². The van der Waals surface area contributed by atoms with Gasteiger partial charge < -0.3 is 10.1 Å². The van der Waals surface area contributed by atoms with Gasteiger partial charge in [-0.2, -0.15) is 0 Å². The van der Waals surface area contributed by atoms with Crippen LogP contribution in [0.3, 0.4) is 0 Å². The predicted octanol–water partition coefficient (Wildman–Crippen LogP) is 4.45. The molecular weight excluding hydrogens is 246 g/mol. The second-order valence-corrected chi connectivity index (χ2v) is 5.14. The molecule has 106 valence electrons. The molecule has 2 aromatic rings. The van der Waals surface area contributed by atoms with Crippen LogP contribution in [0.5, 0.6) is 0 Å². The summed E-state index contributed by atoms with van der Waals surface area (Å²) in [4.78, 5) is 0. The Balaban J connectivity index is 2.06. The maximum absolute atomic E-state index is 5.51. The first-order valence-electron chi connectivity index (χ1n) is 7.15. The summed E-state index contributed by atoms with van der Waals surface area (Å²) >= 11 is 0. The highest BCUT2D eigenvalue weighted by Gasteiger charge is 2.02. The summed E-state index contributed by atoms with van der Waals surface area (Å²) in [6.45, 7) is 8.54. The molecule has 0 bridgehead atoms. The number of hydrogen-bond acceptors (Lipinski definition) is 2. The molecule has 0 unspecified atom stereocenters. The zero-order valence-electron chi connectivity index (χ0n) is 12.6. The molecule has 0 fully saturated rings. The highest BCUT2D eigenvalue weighted by Crippen LogP contribution is 2.18. The number of benzene rings is 2. The molecule has 1 N–H and O–H groups in total. The minimum Gasteiger partial charge on any atom is -0.381 e. The molecule has 0 heterocycles. The molecule has 0 radical (unpaired) electrons. The van der Waals surface area contributed by atoms with E-state index in [0.717, 1.165) is 18.8 Å². The number of aryl methyl sites for hydroxylation is 2. The van der Waals surface area contributed by atoms with Crippen molar-refractivity contribution in [2.24, 2.45) is 0 Å². The summed E-state index contributed by atoms with van der Waals surface area (Å²) in [6, 6.07) is 15.0. The average Bonchev–Trinajstić information content (AvgIpc) is 2.43. The van der Waals surface area contributed by atoms with E-state index in [1.807, 2.05) is 6.92 Å². The van der Waals surface area contributed by atoms with Gasteiger partial charge in [0.15, 0.2) is 0 Å². The predicted molar refractivity (Wildman–Crippen MR) is 85.0 cm³/mol. The van der Waals surface area contributed by atoms with E-state index in [9.17, 15) is 0 Å². The van der Waals surface area contributed by atoms with Gasteiger partial charge in [0.05, 0.1) is 6.61 Å². The van der Waals surface area contributed by atoms with Gasteiger partial charge in [0.25, 0.3) is 0 Å². The number of rotatable bonds is 6. The van der Waals surface area contributed by atoms with Gasteiger partial charge in [0, 0.05) is 24.4 Å². The van der Waals surface area contributed by atoms with Crippen molar-refractivity contribution >= 4 is 5.69 Å². The Morgan fingerprint density at radius 3 is 2.40 bits per heavy atom. The van der Waals surface area contributed by atoms with Crippen LogP contribution in [0.4, 0.5) is 5.69 Å². The first-order chi connectivity index (χ1) is 9.69. The molecule has 2 aromatic carbocycles. The lowest BCUT2D eigenvalue weighted by molar-refractivity contribution is 0.134. The molecule has 0 saturated heterocycles. The van der Waals surface area contributed by atoms with E-state index in [0.29, 0.717) is 6.61 Å². The van der Waals surface area contributed by atoms with Gasteiger partial charge >= 0.3 is 0 Å². The molecule has 0 aromatic heterocycles. The fraction of sp³-hybridized carbons (Fsp3) is 0.333. The van der Waals surface area contributed by atoms with E-state index in [1.165, 1.54) is 22.3 Å². The Kier molecular flexibility index (Phi) is 5.19. The largest absolute Gasteiger partial charge is 0.381 e. The maximum Gasteiger partial charge on any atom is 0.0736 e. The van der Waals surface area contributed by atoms with Crippen molar-refractivity contribution in [2.75, 3.05) is 11.9 Å². The topological polar surface area (TPSA) is 21.3 Å². The first-order valence-corrected chi connectivity index (χ1v) is 7.15. The molecule has 0 amide bonds. The van der Waals surface area contributed by atoms with Crippen molar-refractivity contribution in [3.8, 4) is 0 Å². The highest BCUT2D eigenvalue weighted by atomic mass is 16.5. The first kappa shape index (κ1) is 14.6. The van der Waals surface area contributed by atoms with E-state index in [-0.39, 0.29) is 0 Å². The van der Waals surface area contributed by atoms with E-state index < -0.39 is 0 Å². The van der Waals surface area contributed by atoms with Crippen molar-refractivity contribution in [3.05, 3.63) is 64.7 Å². The van der Waals surface area contributed by atoms with Gasteiger partial charge in [-0.3, -0.25) is 0 Å². The van der Waals surface area contributed by atoms with Gasteiger partial charge in [-0.15, -0.1) is 0 Å². The fourth-order valence-electron chi connectivity index (χ4n) is 2.40. The quantitative estimate of drug-likeness (QED) is 0.836. The highest BCUT2D eigenvalue weighted by molar-refractivity contribution is 5.51. The van der Waals surface area contributed by atoms with E-state index in [1.54, 1.807) is 0 Å². The Hall–Kier alpha value is -1.80. The molecule has 20 heavy (non-hydrogen) atoms. The summed E-state index contributed by atoms with van der Waals surface area (Å²) in [7, 11) is 0. The second kappa shape index (κ2) is 7.11. The zero-order chi connectivity index (χ0) is 14.4. The third-order valence-corrected chi connectivity index (χ3v) is 3.24. The standard InChI is InChI=1S/C18H23NO/c1-4-20-13-17-7-5-6-8-18(17)19-12-16-10-14(2)9-15(3)11-16/h5-11,19H,4,12-13H2,1-3H3. The Morgan fingerprint density at radius 1 is 1.00 bits per heavy atom. The lowest BCUT2D eigenvalue weighted by atomic mass is 10.1. The lowest BCUT2D eigenvalue weighted by Crippen LogP contribution is -2.04. The van der Waals surface area contributed by atoms with Crippen LogP contribution in [0.1, 0.15) is 29.2 Å². The molecule has 0 saturated carbocycles. The zero-order valence-corrected chi connectivity index (χ0v) is 12.6. The SMILES string of the molecule is CCOCc1ccccc1NCc1cc(C)cc(C)c1. The average molecular weight is 269 g/mol. The van der Waals surface area contributed by atoms with E-state index >= 15 is 0 Å². The summed E-state index contributed by atoms with van der Waals surface area (Å²) in [6.07, 6.45) is 0. The number of anilines is 1. The molecule has 0 aliphatic heterocycles. The minimum atomic E-state index is 0.659. The third-order valence-electron chi connectivity index (χ3n) is 3.24. The van der Waals surface area contributed by atoms with Gasteiger partial charge in [0.2, 0.25) is 0 Å². The summed E-state index contributed by atoms with van der Waals surface area (Å²) in [5.41, 5.74) is 6.29. The van der Waals surface area contributed by atoms with Crippen LogP contribution in [0.25, 0.3) is 0 Å². The molecule has 2 rings (SSSR count). The van der Waals surface area contributed by atoms with Gasteiger partial charge in [-0.25, -0.2) is 0 Å². The molecule has 2 nitrogen and oxygen atoms in total. The van der Waals surface area contributed by atoms with Crippen LogP contribution in [0.2, 0.25) is 0 Å². The molecule has 0 atom stereocenters. The fourth-order valence-corrected chi connectivity index (χ4v) is 2.40. The Labute approximate surface area is 121 Å². The third kappa shape index (κ3) is 4.10. The van der Waals surface area contributed by atoms with Crippen LogP contribution in [-0.2, 0) is 17.9 Å². The van der Waals surface area contributed by atoms with Crippen LogP contribution in [0.15, 0.2) is 42.5 Å². The van der Waals surface area contributed by atoms with E-state index in [2.05, 4.69) is 61.6 Å². The maximum atomic E-state index is 5.51. The normalized spacial score (nSPS) is 10.6. The van der Waals surface area contributed by atoms with Gasteiger partial charge in [0.1, 0.15) is 0 Å². The van der Waals surface area contributed by atoms with Crippen molar-refractivity contribution in [3.63, 3.8) is 0 Å². The Morgan fingerprint density at radius 2 is 1.70 bits per heavy atom. The number of ether oxygens (including phenoxy) is 1. The molecular formula is C18H23NO. The molecule has 0 aliphatic rings.